The van der Waals surface area contributed by atoms with Crippen molar-refractivity contribution < 1.29 is 19.5 Å². The molecule has 6 heteroatoms. The summed E-state index contributed by atoms with van der Waals surface area (Å²) >= 11 is 0. The Morgan fingerprint density at radius 3 is 2.28 bits per heavy atom. The molecule has 0 aliphatic heterocycles. The minimum absolute atomic E-state index is 0.0878. The largest absolute Gasteiger partial charge is 0.481 e. The molecule has 1 fully saturated rings. The van der Waals surface area contributed by atoms with Gasteiger partial charge in [-0.1, -0.05) is 12.8 Å². The number of likely N-dealkylation sites (N-methyl/N-ethyl adjacent to an activating group) is 1. The van der Waals surface area contributed by atoms with E-state index in [-0.39, 0.29) is 18.4 Å². The molecule has 1 aliphatic rings. The summed E-state index contributed by atoms with van der Waals surface area (Å²) in [7, 11) is 0. The Morgan fingerprint density at radius 1 is 1.11 bits per heavy atom. The van der Waals surface area contributed by atoms with E-state index in [0.717, 1.165) is 12.8 Å². The van der Waals surface area contributed by atoms with Gasteiger partial charge in [0.15, 0.2) is 0 Å². The van der Waals surface area contributed by atoms with Gasteiger partial charge in [-0.3, -0.25) is 14.4 Å². The second-order valence-corrected chi connectivity index (χ2v) is 4.51. The van der Waals surface area contributed by atoms with Crippen LogP contribution in [-0.2, 0) is 14.4 Å². The van der Waals surface area contributed by atoms with Crippen molar-refractivity contribution in [2.24, 2.45) is 11.8 Å². The Bertz CT molecular complexity index is 330. The van der Waals surface area contributed by atoms with Crippen LogP contribution in [0, 0.1) is 11.8 Å². The lowest BCUT2D eigenvalue weighted by Gasteiger charge is -2.27. The van der Waals surface area contributed by atoms with Crippen molar-refractivity contribution >= 4 is 17.8 Å². The number of carboxylic acid groups (broad SMARTS) is 1. The fraction of sp³-hybridized carbons (Fsp3) is 0.750. The van der Waals surface area contributed by atoms with Crippen molar-refractivity contribution in [2.45, 2.75) is 32.6 Å². The van der Waals surface area contributed by atoms with Crippen LogP contribution in [0.3, 0.4) is 0 Å². The fourth-order valence-electron chi connectivity index (χ4n) is 2.30. The molecule has 0 heterocycles. The van der Waals surface area contributed by atoms with Gasteiger partial charge in [0.2, 0.25) is 11.8 Å². The average molecular weight is 256 g/mol. The first-order chi connectivity index (χ1) is 8.56. The van der Waals surface area contributed by atoms with E-state index in [4.69, 9.17) is 5.11 Å². The van der Waals surface area contributed by atoms with Crippen LogP contribution in [0.4, 0.5) is 0 Å². The first-order valence-electron chi connectivity index (χ1n) is 6.33. The fourth-order valence-corrected chi connectivity index (χ4v) is 2.30. The number of carbonyl (C=O) groups excluding carboxylic acids is 2. The maximum atomic E-state index is 11.9. The maximum absolute atomic E-state index is 11.9. The summed E-state index contributed by atoms with van der Waals surface area (Å²) in [6.45, 7) is 2.21. The van der Waals surface area contributed by atoms with Crippen molar-refractivity contribution in [1.29, 1.82) is 0 Å². The van der Waals surface area contributed by atoms with Gasteiger partial charge < -0.3 is 15.7 Å². The molecule has 0 radical (unpaired) electrons. The number of rotatable bonds is 5. The normalized spacial score (nSPS) is 23.2. The highest BCUT2D eigenvalue weighted by Gasteiger charge is 2.35. The number of carboxylic acids is 1. The summed E-state index contributed by atoms with van der Waals surface area (Å²) in [4.78, 5) is 34.1. The third-order valence-corrected chi connectivity index (χ3v) is 3.22. The summed E-state index contributed by atoms with van der Waals surface area (Å²) < 4.78 is 0. The highest BCUT2D eigenvalue weighted by molar-refractivity contribution is 5.88. The molecule has 1 saturated carbocycles. The lowest BCUT2D eigenvalue weighted by atomic mass is 9.79. The molecule has 1 rings (SSSR count). The molecule has 6 nitrogen and oxygen atoms in total. The maximum Gasteiger partial charge on any atom is 0.307 e. The van der Waals surface area contributed by atoms with Crippen LogP contribution in [0.25, 0.3) is 0 Å². The van der Waals surface area contributed by atoms with E-state index in [0.29, 0.717) is 19.4 Å². The Labute approximate surface area is 106 Å². The van der Waals surface area contributed by atoms with Crippen molar-refractivity contribution in [1.82, 2.24) is 10.6 Å². The smallest absolute Gasteiger partial charge is 0.307 e. The SMILES string of the molecule is CCNC(=O)CNC(=O)[C@@H]1CCCC[C@@H]1C(=O)O. The van der Waals surface area contributed by atoms with Gasteiger partial charge in [0.05, 0.1) is 18.4 Å². The molecule has 1 aliphatic carbocycles. The summed E-state index contributed by atoms with van der Waals surface area (Å²) in [5.74, 6) is -2.63. The quantitative estimate of drug-likeness (QED) is 0.651. The van der Waals surface area contributed by atoms with E-state index < -0.39 is 17.8 Å². The Balaban J connectivity index is 2.48. The van der Waals surface area contributed by atoms with Gasteiger partial charge in [0, 0.05) is 6.54 Å². The van der Waals surface area contributed by atoms with Gasteiger partial charge in [-0.25, -0.2) is 0 Å². The topological polar surface area (TPSA) is 95.5 Å². The predicted molar refractivity (Wildman–Crippen MR) is 64.8 cm³/mol. The predicted octanol–water partition coefficient (Wildman–Crippen LogP) is 0.130. The van der Waals surface area contributed by atoms with E-state index in [1.165, 1.54) is 0 Å². The molecule has 0 aromatic heterocycles. The molecule has 0 aromatic carbocycles. The number of amides is 2. The first-order valence-corrected chi connectivity index (χ1v) is 6.33. The Morgan fingerprint density at radius 2 is 1.72 bits per heavy atom. The van der Waals surface area contributed by atoms with Crippen LogP contribution in [-0.4, -0.2) is 36.0 Å². The summed E-state index contributed by atoms with van der Waals surface area (Å²) in [6.07, 6.45) is 2.83. The van der Waals surface area contributed by atoms with Gasteiger partial charge in [-0.15, -0.1) is 0 Å². The van der Waals surface area contributed by atoms with Crippen molar-refractivity contribution in [3.63, 3.8) is 0 Å². The van der Waals surface area contributed by atoms with Gasteiger partial charge >= 0.3 is 5.97 Å². The molecular formula is C12H20N2O4. The van der Waals surface area contributed by atoms with E-state index >= 15 is 0 Å². The molecule has 0 saturated heterocycles. The number of nitrogens with one attached hydrogen (secondary N) is 2. The summed E-state index contributed by atoms with van der Waals surface area (Å²) in [6, 6.07) is 0. The second-order valence-electron chi connectivity index (χ2n) is 4.51. The summed E-state index contributed by atoms with van der Waals surface area (Å²) in [5, 5.41) is 14.1. The molecule has 0 bridgehead atoms. The zero-order chi connectivity index (χ0) is 13.5. The molecule has 2 atom stereocenters. The van der Waals surface area contributed by atoms with Gasteiger partial charge in [-0.05, 0) is 19.8 Å². The molecule has 3 N–H and O–H groups in total. The van der Waals surface area contributed by atoms with Gasteiger partial charge in [0.25, 0.3) is 0 Å². The minimum Gasteiger partial charge on any atom is -0.481 e. The third kappa shape index (κ3) is 4.01. The van der Waals surface area contributed by atoms with Crippen LogP contribution in [0.2, 0.25) is 0 Å². The standard InChI is InChI=1S/C12H20N2O4/c1-2-13-10(15)7-14-11(16)8-5-3-4-6-9(8)12(17)18/h8-9H,2-7H2,1H3,(H,13,15)(H,14,16)(H,17,18)/t8-,9+/m1/s1. The van der Waals surface area contributed by atoms with Crippen molar-refractivity contribution in [3.05, 3.63) is 0 Å². The number of hydrogen-bond acceptors (Lipinski definition) is 3. The Hall–Kier alpha value is -1.59. The highest BCUT2D eigenvalue weighted by atomic mass is 16.4. The van der Waals surface area contributed by atoms with E-state index in [1.54, 1.807) is 6.92 Å². The number of carbonyl (C=O) groups is 3. The zero-order valence-corrected chi connectivity index (χ0v) is 10.6. The zero-order valence-electron chi connectivity index (χ0n) is 10.6. The van der Waals surface area contributed by atoms with Crippen LogP contribution in [0.5, 0.6) is 0 Å². The average Bonchev–Trinajstić information content (AvgIpc) is 2.36. The molecule has 0 aromatic rings. The van der Waals surface area contributed by atoms with E-state index in [2.05, 4.69) is 10.6 Å². The molecule has 0 unspecified atom stereocenters. The first kappa shape index (κ1) is 14.5. The third-order valence-electron chi connectivity index (χ3n) is 3.22. The lowest BCUT2D eigenvalue weighted by molar-refractivity contribution is -0.149. The van der Waals surface area contributed by atoms with Crippen molar-refractivity contribution in [3.8, 4) is 0 Å². The van der Waals surface area contributed by atoms with Crippen LogP contribution in [0.1, 0.15) is 32.6 Å². The highest BCUT2D eigenvalue weighted by Crippen LogP contribution is 2.30. The van der Waals surface area contributed by atoms with Crippen LogP contribution in [0.15, 0.2) is 0 Å². The lowest BCUT2D eigenvalue weighted by Crippen LogP contribution is -2.43. The number of hydrogen-bond donors (Lipinski definition) is 3. The summed E-state index contributed by atoms with van der Waals surface area (Å²) in [5.41, 5.74) is 0. The molecular weight excluding hydrogens is 236 g/mol. The molecule has 2 amide bonds. The van der Waals surface area contributed by atoms with Gasteiger partial charge in [0.1, 0.15) is 0 Å². The van der Waals surface area contributed by atoms with E-state index in [1.807, 2.05) is 0 Å². The monoisotopic (exact) mass is 256 g/mol. The Kier molecular flexibility index (Phi) is 5.61. The van der Waals surface area contributed by atoms with Gasteiger partial charge in [-0.2, -0.15) is 0 Å². The second kappa shape index (κ2) is 6.98. The number of aliphatic carboxylic acids is 1. The van der Waals surface area contributed by atoms with Crippen LogP contribution >= 0.6 is 0 Å². The molecule has 18 heavy (non-hydrogen) atoms. The van der Waals surface area contributed by atoms with Crippen LogP contribution < -0.4 is 10.6 Å². The van der Waals surface area contributed by atoms with Crippen molar-refractivity contribution in [2.75, 3.05) is 13.1 Å². The molecule has 0 spiro atoms. The molecule has 102 valence electrons. The minimum atomic E-state index is -0.923. The van der Waals surface area contributed by atoms with E-state index in [9.17, 15) is 14.4 Å².